The van der Waals surface area contributed by atoms with Crippen LogP contribution in [0.1, 0.15) is 37.4 Å². The van der Waals surface area contributed by atoms with Crippen LogP contribution in [-0.4, -0.2) is 17.2 Å². The first-order chi connectivity index (χ1) is 7.75. The van der Waals surface area contributed by atoms with E-state index in [-0.39, 0.29) is 18.6 Å². The van der Waals surface area contributed by atoms with Gasteiger partial charge in [-0.1, -0.05) is 30.3 Å². The van der Waals surface area contributed by atoms with Crippen LogP contribution in [0.15, 0.2) is 30.3 Å². The number of benzene rings is 1. The summed E-state index contributed by atoms with van der Waals surface area (Å²) in [6.45, 7) is 0. The summed E-state index contributed by atoms with van der Waals surface area (Å²) in [6, 6.07) is 10.0. The average Bonchev–Trinajstić information content (AvgIpc) is 2.30. The molecule has 2 rings (SSSR count). The first kappa shape index (κ1) is 11.1. The number of carboxylic acids is 1. The molecule has 1 aromatic carbocycles. The maximum absolute atomic E-state index is 10.6. The van der Waals surface area contributed by atoms with Gasteiger partial charge in [0, 0.05) is 0 Å². The maximum Gasteiger partial charge on any atom is 0.305 e. The van der Waals surface area contributed by atoms with Crippen LogP contribution in [0.4, 0.5) is 0 Å². The van der Waals surface area contributed by atoms with Crippen molar-refractivity contribution < 1.29 is 14.6 Å². The van der Waals surface area contributed by atoms with Crippen LogP contribution in [-0.2, 0) is 9.53 Å². The molecule has 1 fully saturated rings. The van der Waals surface area contributed by atoms with Crippen LogP contribution in [0, 0.1) is 0 Å². The highest BCUT2D eigenvalue weighted by molar-refractivity contribution is 5.67. The lowest BCUT2D eigenvalue weighted by Crippen LogP contribution is -2.24. The van der Waals surface area contributed by atoms with Gasteiger partial charge in [0.2, 0.25) is 0 Å². The molecule has 0 amide bonds. The van der Waals surface area contributed by atoms with Gasteiger partial charge in [0.25, 0.3) is 0 Å². The summed E-state index contributed by atoms with van der Waals surface area (Å²) in [6.07, 6.45) is 2.94. The topological polar surface area (TPSA) is 46.5 Å². The van der Waals surface area contributed by atoms with Crippen molar-refractivity contribution in [1.82, 2.24) is 0 Å². The predicted molar refractivity (Wildman–Crippen MR) is 60.2 cm³/mol. The van der Waals surface area contributed by atoms with Crippen molar-refractivity contribution in [3.8, 4) is 0 Å². The Labute approximate surface area is 95.0 Å². The van der Waals surface area contributed by atoms with Crippen molar-refractivity contribution >= 4 is 5.97 Å². The lowest BCUT2D eigenvalue weighted by Gasteiger charge is -2.29. The van der Waals surface area contributed by atoms with Gasteiger partial charge in [-0.05, 0) is 24.8 Å². The minimum atomic E-state index is -0.779. The molecule has 3 nitrogen and oxygen atoms in total. The van der Waals surface area contributed by atoms with Crippen LogP contribution < -0.4 is 0 Å². The molecule has 2 atom stereocenters. The Bertz CT molecular complexity index is 347. The highest BCUT2D eigenvalue weighted by Gasteiger charge is 2.24. The minimum Gasteiger partial charge on any atom is -0.481 e. The van der Waals surface area contributed by atoms with Gasteiger partial charge in [-0.2, -0.15) is 0 Å². The number of ether oxygens (including phenoxy) is 1. The van der Waals surface area contributed by atoms with Gasteiger partial charge in [0.15, 0.2) is 0 Å². The van der Waals surface area contributed by atoms with E-state index in [1.807, 2.05) is 30.3 Å². The zero-order chi connectivity index (χ0) is 11.4. The van der Waals surface area contributed by atoms with Gasteiger partial charge >= 0.3 is 5.97 Å². The molecule has 3 heteroatoms. The molecule has 0 aromatic heterocycles. The molecule has 1 heterocycles. The fraction of sp³-hybridized carbons (Fsp3) is 0.462. The first-order valence-electron chi connectivity index (χ1n) is 5.68. The van der Waals surface area contributed by atoms with Crippen LogP contribution in [0.3, 0.4) is 0 Å². The largest absolute Gasteiger partial charge is 0.481 e. The second kappa shape index (κ2) is 5.12. The minimum absolute atomic E-state index is 0.0688. The molecule has 1 aliphatic rings. The number of carbonyl (C=O) groups is 1. The number of carboxylic acid groups (broad SMARTS) is 1. The third kappa shape index (κ3) is 2.83. The molecule has 0 saturated carbocycles. The fourth-order valence-electron chi connectivity index (χ4n) is 2.16. The van der Waals surface area contributed by atoms with E-state index < -0.39 is 5.97 Å². The molecule has 0 unspecified atom stereocenters. The Hall–Kier alpha value is -1.35. The number of hydrogen-bond donors (Lipinski definition) is 1. The third-order valence-corrected chi connectivity index (χ3v) is 2.92. The van der Waals surface area contributed by atoms with Crippen molar-refractivity contribution in [3.63, 3.8) is 0 Å². The lowest BCUT2D eigenvalue weighted by molar-refractivity contribution is -0.143. The molecule has 1 N–H and O–H groups in total. The molecule has 86 valence electrons. The standard InChI is InChI=1S/C13H16O3/c14-13(15)9-11-7-4-8-12(16-11)10-5-2-1-3-6-10/h1-3,5-6,11-12H,4,7-9H2,(H,14,15)/t11-,12+/m0/s1. The average molecular weight is 220 g/mol. The second-order valence-electron chi connectivity index (χ2n) is 4.19. The zero-order valence-corrected chi connectivity index (χ0v) is 9.13. The normalized spacial score (nSPS) is 25.2. The van der Waals surface area contributed by atoms with Crippen LogP contribution in [0.25, 0.3) is 0 Å². The summed E-state index contributed by atoms with van der Waals surface area (Å²) < 4.78 is 5.80. The number of rotatable bonds is 3. The summed E-state index contributed by atoms with van der Waals surface area (Å²) in [4.78, 5) is 10.6. The Morgan fingerprint density at radius 3 is 2.75 bits per heavy atom. The fourth-order valence-corrected chi connectivity index (χ4v) is 2.16. The first-order valence-corrected chi connectivity index (χ1v) is 5.68. The molecule has 0 radical (unpaired) electrons. The van der Waals surface area contributed by atoms with Gasteiger partial charge < -0.3 is 9.84 Å². The van der Waals surface area contributed by atoms with Gasteiger partial charge in [0.05, 0.1) is 18.6 Å². The highest BCUT2D eigenvalue weighted by Crippen LogP contribution is 2.31. The molecule has 0 aliphatic carbocycles. The van der Waals surface area contributed by atoms with E-state index in [1.54, 1.807) is 0 Å². The number of aliphatic carboxylic acids is 1. The smallest absolute Gasteiger partial charge is 0.305 e. The van der Waals surface area contributed by atoms with E-state index in [1.165, 1.54) is 0 Å². The Kier molecular flexibility index (Phi) is 3.57. The monoisotopic (exact) mass is 220 g/mol. The molecule has 1 aromatic rings. The van der Waals surface area contributed by atoms with Gasteiger partial charge in [-0.15, -0.1) is 0 Å². The van der Waals surface area contributed by atoms with E-state index in [0.29, 0.717) is 0 Å². The quantitative estimate of drug-likeness (QED) is 0.852. The van der Waals surface area contributed by atoms with Crippen LogP contribution in [0.5, 0.6) is 0 Å². The summed E-state index contributed by atoms with van der Waals surface area (Å²) in [5.74, 6) is -0.779. The summed E-state index contributed by atoms with van der Waals surface area (Å²) in [5, 5.41) is 8.74. The van der Waals surface area contributed by atoms with Crippen molar-refractivity contribution in [2.24, 2.45) is 0 Å². The van der Waals surface area contributed by atoms with E-state index >= 15 is 0 Å². The molecule has 0 bridgehead atoms. The van der Waals surface area contributed by atoms with Gasteiger partial charge in [0.1, 0.15) is 0 Å². The Morgan fingerprint density at radius 1 is 1.31 bits per heavy atom. The van der Waals surface area contributed by atoms with Crippen molar-refractivity contribution in [2.75, 3.05) is 0 Å². The SMILES string of the molecule is O=C(O)C[C@@H]1CCC[C@H](c2ccccc2)O1. The Morgan fingerprint density at radius 2 is 2.06 bits per heavy atom. The van der Waals surface area contributed by atoms with Crippen LogP contribution >= 0.6 is 0 Å². The third-order valence-electron chi connectivity index (χ3n) is 2.92. The van der Waals surface area contributed by atoms with E-state index in [9.17, 15) is 4.79 Å². The van der Waals surface area contributed by atoms with Crippen LogP contribution in [0.2, 0.25) is 0 Å². The zero-order valence-electron chi connectivity index (χ0n) is 9.13. The summed E-state index contributed by atoms with van der Waals surface area (Å²) in [7, 11) is 0. The molecule has 16 heavy (non-hydrogen) atoms. The van der Waals surface area contributed by atoms with Crippen molar-refractivity contribution in [2.45, 2.75) is 37.9 Å². The lowest BCUT2D eigenvalue weighted by atomic mass is 9.97. The molecule has 1 aliphatic heterocycles. The molecular formula is C13H16O3. The summed E-state index contributed by atoms with van der Waals surface area (Å²) in [5.41, 5.74) is 1.15. The molecule has 0 spiro atoms. The van der Waals surface area contributed by atoms with E-state index in [2.05, 4.69) is 0 Å². The molecular weight excluding hydrogens is 204 g/mol. The van der Waals surface area contributed by atoms with Gasteiger partial charge in [-0.25, -0.2) is 0 Å². The summed E-state index contributed by atoms with van der Waals surface area (Å²) >= 11 is 0. The molecule has 1 saturated heterocycles. The second-order valence-corrected chi connectivity index (χ2v) is 4.19. The Balaban J connectivity index is 1.99. The predicted octanol–water partition coefficient (Wildman–Crippen LogP) is 2.77. The highest BCUT2D eigenvalue weighted by atomic mass is 16.5. The maximum atomic E-state index is 10.6. The van der Waals surface area contributed by atoms with E-state index in [4.69, 9.17) is 9.84 Å². The van der Waals surface area contributed by atoms with Crippen molar-refractivity contribution in [1.29, 1.82) is 0 Å². The van der Waals surface area contributed by atoms with E-state index in [0.717, 1.165) is 24.8 Å². The van der Waals surface area contributed by atoms with Crippen molar-refractivity contribution in [3.05, 3.63) is 35.9 Å². The number of hydrogen-bond acceptors (Lipinski definition) is 2. The van der Waals surface area contributed by atoms with Gasteiger partial charge in [-0.3, -0.25) is 4.79 Å².